The van der Waals surface area contributed by atoms with Crippen molar-refractivity contribution in [1.29, 1.82) is 0 Å². The Balaban J connectivity index is 3.84. The first kappa shape index (κ1) is 10.7. The molecule has 0 saturated heterocycles. The summed E-state index contributed by atoms with van der Waals surface area (Å²) >= 11 is 0. The summed E-state index contributed by atoms with van der Waals surface area (Å²) in [4.78, 5) is 22.8. The number of nitrogens with zero attached hydrogens (tertiary/aromatic N) is 1. The molecule has 0 aliphatic rings. The molecule has 0 atom stereocenters. The first-order valence-electron chi connectivity index (χ1n) is 3.56. The van der Waals surface area contributed by atoms with E-state index in [1.54, 1.807) is 0 Å². The van der Waals surface area contributed by atoms with E-state index in [1.165, 1.54) is 14.1 Å². The van der Waals surface area contributed by atoms with Crippen molar-refractivity contribution in [3.05, 3.63) is 0 Å². The molecule has 4 amide bonds. The number of hydrogen-bond donors (Lipinski definition) is 3. The smallest absolute Gasteiger partial charge is 0.325 e. The van der Waals surface area contributed by atoms with Crippen LogP contribution in [0.25, 0.3) is 0 Å². The van der Waals surface area contributed by atoms with Gasteiger partial charge in [-0.1, -0.05) is 0 Å². The predicted molar refractivity (Wildman–Crippen MR) is 44.7 cm³/mol. The molecule has 0 fully saturated rings. The van der Waals surface area contributed by atoms with Crippen molar-refractivity contribution in [1.82, 2.24) is 15.5 Å². The van der Waals surface area contributed by atoms with Crippen molar-refractivity contribution in [3.8, 4) is 0 Å². The minimum atomic E-state index is -0.459. The van der Waals surface area contributed by atoms with E-state index in [9.17, 15) is 9.59 Å². The van der Waals surface area contributed by atoms with Crippen molar-refractivity contribution in [3.63, 3.8) is 0 Å². The Morgan fingerprint density at radius 1 is 1.42 bits per heavy atom. The van der Waals surface area contributed by atoms with Gasteiger partial charge in [-0.3, -0.25) is 0 Å². The van der Waals surface area contributed by atoms with Gasteiger partial charge < -0.3 is 16.4 Å². The van der Waals surface area contributed by atoms with Gasteiger partial charge in [0.2, 0.25) is 0 Å². The van der Waals surface area contributed by atoms with E-state index >= 15 is 0 Å². The highest BCUT2D eigenvalue weighted by Gasteiger charge is 2.13. The summed E-state index contributed by atoms with van der Waals surface area (Å²) in [7, 11) is 2.83. The van der Waals surface area contributed by atoms with Crippen LogP contribution in [0.5, 0.6) is 0 Å². The largest absolute Gasteiger partial charge is 0.341 e. The molecule has 0 bridgehead atoms. The predicted octanol–water partition coefficient (Wildman–Crippen LogP) is -1.07. The third-order valence-corrected chi connectivity index (χ3v) is 1.24. The number of urea groups is 2. The van der Waals surface area contributed by atoms with Gasteiger partial charge in [-0.05, 0) is 0 Å². The first-order valence-corrected chi connectivity index (χ1v) is 3.56. The van der Waals surface area contributed by atoms with Gasteiger partial charge in [-0.25, -0.2) is 14.5 Å². The number of carbonyl (C=O) groups is 2. The van der Waals surface area contributed by atoms with E-state index in [4.69, 9.17) is 5.73 Å². The van der Waals surface area contributed by atoms with E-state index < -0.39 is 12.1 Å². The highest BCUT2D eigenvalue weighted by atomic mass is 16.2. The van der Waals surface area contributed by atoms with Crippen LogP contribution in [-0.4, -0.2) is 44.1 Å². The topological polar surface area (TPSA) is 87.5 Å². The van der Waals surface area contributed by atoms with Crippen LogP contribution in [0, 0.1) is 0 Å². The second-order valence-corrected chi connectivity index (χ2v) is 2.13. The Morgan fingerprint density at radius 2 is 2.00 bits per heavy atom. The summed E-state index contributed by atoms with van der Waals surface area (Å²) in [5, 5.41) is 4.77. The highest BCUT2D eigenvalue weighted by Crippen LogP contribution is 1.83. The van der Waals surface area contributed by atoms with Crippen LogP contribution in [0.1, 0.15) is 0 Å². The van der Waals surface area contributed by atoms with Gasteiger partial charge in [-0.15, -0.1) is 0 Å². The molecular formula is C6H14N4O2. The van der Waals surface area contributed by atoms with E-state index in [2.05, 4.69) is 10.6 Å². The molecule has 0 unspecified atom stereocenters. The molecule has 0 aromatic heterocycles. The second kappa shape index (κ2) is 5.36. The quantitative estimate of drug-likeness (QED) is 0.498. The van der Waals surface area contributed by atoms with Gasteiger partial charge in [0.25, 0.3) is 0 Å². The van der Waals surface area contributed by atoms with Crippen LogP contribution in [-0.2, 0) is 0 Å². The molecule has 0 aromatic carbocycles. The minimum absolute atomic E-state index is 0.354. The molecule has 6 heteroatoms. The Hall–Kier alpha value is -1.30. The Labute approximate surface area is 71.1 Å². The average molecular weight is 174 g/mol. The maximum Gasteiger partial charge on any atom is 0.325 e. The number of nitrogens with one attached hydrogen (secondary N) is 2. The maximum absolute atomic E-state index is 11.0. The van der Waals surface area contributed by atoms with Crippen molar-refractivity contribution >= 4 is 12.1 Å². The average Bonchev–Trinajstić information content (AvgIpc) is 2.11. The van der Waals surface area contributed by atoms with Gasteiger partial charge in [-0.2, -0.15) is 0 Å². The van der Waals surface area contributed by atoms with E-state index in [0.29, 0.717) is 13.1 Å². The third kappa shape index (κ3) is 3.20. The van der Waals surface area contributed by atoms with Crippen LogP contribution in [0.15, 0.2) is 0 Å². The lowest BCUT2D eigenvalue weighted by Crippen LogP contribution is -2.46. The summed E-state index contributed by atoms with van der Waals surface area (Å²) in [6, 6.07) is -0.913. The lowest BCUT2D eigenvalue weighted by molar-refractivity contribution is 0.196. The SMILES string of the molecule is CNC(=O)N(C)C(=O)NCCN. The van der Waals surface area contributed by atoms with Gasteiger partial charge in [0.05, 0.1) is 0 Å². The van der Waals surface area contributed by atoms with E-state index in [1.807, 2.05) is 0 Å². The maximum atomic E-state index is 11.0. The normalized spacial score (nSPS) is 8.92. The molecule has 0 heterocycles. The fourth-order valence-electron chi connectivity index (χ4n) is 0.558. The molecule has 12 heavy (non-hydrogen) atoms. The standard InChI is InChI=1S/C6H14N4O2/c1-8-5(11)10(2)6(12)9-4-3-7/h3-4,7H2,1-2H3,(H,8,11)(H,9,12). The monoisotopic (exact) mass is 174 g/mol. The lowest BCUT2D eigenvalue weighted by atomic mass is 10.6. The Morgan fingerprint density at radius 3 is 2.42 bits per heavy atom. The Kier molecular flexibility index (Phi) is 4.78. The summed E-state index contributed by atoms with van der Waals surface area (Å²) in [6.07, 6.45) is 0. The number of hydrogen-bond acceptors (Lipinski definition) is 3. The van der Waals surface area contributed by atoms with Gasteiger partial charge >= 0.3 is 12.1 Å². The zero-order valence-corrected chi connectivity index (χ0v) is 7.26. The van der Waals surface area contributed by atoms with Crippen molar-refractivity contribution < 1.29 is 9.59 Å². The van der Waals surface area contributed by atoms with E-state index in [-0.39, 0.29) is 0 Å². The lowest BCUT2D eigenvalue weighted by Gasteiger charge is -2.14. The molecular weight excluding hydrogens is 160 g/mol. The molecule has 0 aliphatic carbocycles. The molecule has 70 valence electrons. The Bertz CT molecular complexity index is 171. The first-order chi connectivity index (χ1) is 5.63. The molecule has 0 rings (SSSR count). The van der Waals surface area contributed by atoms with Crippen molar-refractivity contribution in [2.45, 2.75) is 0 Å². The zero-order chi connectivity index (χ0) is 9.56. The van der Waals surface area contributed by atoms with Gasteiger partial charge in [0, 0.05) is 27.2 Å². The molecule has 6 nitrogen and oxygen atoms in total. The molecule has 0 saturated carbocycles. The van der Waals surface area contributed by atoms with Crippen molar-refractivity contribution in [2.75, 3.05) is 27.2 Å². The molecule has 0 radical (unpaired) electrons. The van der Waals surface area contributed by atoms with Crippen LogP contribution < -0.4 is 16.4 Å². The number of nitrogens with two attached hydrogens (primary N) is 1. The number of carbonyl (C=O) groups excluding carboxylic acids is 2. The molecule has 4 N–H and O–H groups in total. The number of rotatable bonds is 2. The van der Waals surface area contributed by atoms with Crippen LogP contribution in [0.2, 0.25) is 0 Å². The van der Waals surface area contributed by atoms with E-state index in [0.717, 1.165) is 4.90 Å². The van der Waals surface area contributed by atoms with Crippen LogP contribution >= 0.6 is 0 Å². The number of amides is 4. The fourth-order valence-corrected chi connectivity index (χ4v) is 0.558. The summed E-state index contributed by atoms with van der Waals surface area (Å²) in [5.41, 5.74) is 5.15. The van der Waals surface area contributed by atoms with Crippen molar-refractivity contribution in [2.24, 2.45) is 5.73 Å². The molecule has 0 spiro atoms. The minimum Gasteiger partial charge on any atom is -0.341 e. The fraction of sp³-hybridized carbons (Fsp3) is 0.667. The molecule has 0 aliphatic heterocycles. The summed E-state index contributed by atoms with van der Waals surface area (Å²) in [5.74, 6) is 0. The zero-order valence-electron chi connectivity index (χ0n) is 7.26. The van der Waals surface area contributed by atoms with Crippen LogP contribution in [0.4, 0.5) is 9.59 Å². The van der Waals surface area contributed by atoms with Gasteiger partial charge in [0.1, 0.15) is 0 Å². The third-order valence-electron chi connectivity index (χ3n) is 1.24. The summed E-state index contributed by atoms with van der Waals surface area (Å²) in [6.45, 7) is 0.716. The summed E-state index contributed by atoms with van der Waals surface area (Å²) < 4.78 is 0. The molecule has 0 aromatic rings. The van der Waals surface area contributed by atoms with Gasteiger partial charge in [0.15, 0.2) is 0 Å². The number of imide groups is 1. The van der Waals surface area contributed by atoms with Crippen LogP contribution in [0.3, 0.4) is 0 Å². The highest BCUT2D eigenvalue weighted by molar-refractivity contribution is 5.92. The second-order valence-electron chi connectivity index (χ2n) is 2.13.